The fraction of sp³-hybridized carbons (Fsp3) is 0.143. The van der Waals surface area contributed by atoms with Crippen molar-refractivity contribution in [2.24, 2.45) is 0 Å². The number of nitrogens with zero attached hydrogens (tertiary/aromatic N) is 1. The molecule has 0 aliphatic carbocycles. The number of carbonyl (C=O) groups is 1. The number of ether oxygens (including phenoxy) is 1. The second kappa shape index (κ2) is 4.87. The molecular formula is C14H13NO3. The van der Waals surface area contributed by atoms with Gasteiger partial charge in [-0.15, -0.1) is 0 Å². The van der Waals surface area contributed by atoms with Gasteiger partial charge in [0.2, 0.25) is 0 Å². The molecule has 0 radical (unpaired) electrons. The van der Waals surface area contributed by atoms with Crippen molar-refractivity contribution in [2.75, 3.05) is 7.11 Å². The average Bonchev–Trinajstić information content (AvgIpc) is 2.38. The molecule has 0 spiro atoms. The molecule has 18 heavy (non-hydrogen) atoms. The van der Waals surface area contributed by atoms with E-state index in [9.17, 15) is 4.79 Å². The average molecular weight is 243 g/mol. The van der Waals surface area contributed by atoms with Crippen LogP contribution in [0, 0.1) is 6.92 Å². The number of aromatic nitrogens is 1. The number of rotatable bonds is 3. The Balaban J connectivity index is 2.55. The topological polar surface area (TPSA) is 59.4 Å². The van der Waals surface area contributed by atoms with E-state index in [1.165, 1.54) is 0 Å². The van der Waals surface area contributed by atoms with Crippen LogP contribution in [0.25, 0.3) is 11.3 Å². The Bertz CT molecular complexity index is 593. The lowest BCUT2D eigenvalue weighted by Crippen LogP contribution is -2.01. The Labute approximate surface area is 105 Å². The van der Waals surface area contributed by atoms with Crippen LogP contribution in [0.2, 0.25) is 0 Å². The molecule has 92 valence electrons. The smallest absolute Gasteiger partial charge is 0.337 e. The highest BCUT2D eigenvalue weighted by Gasteiger charge is 2.13. The number of hydrogen-bond acceptors (Lipinski definition) is 3. The second-order valence-electron chi connectivity index (χ2n) is 3.89. The van der Waals surface area contributed by atoms with Crippen LogP contribution in [0.5, 0.6) is 5.75 Å². The van der Waals surface area contributed by atoms with Gasteiger partial charge in [-0.05, 0) is 42.8 Å². The van der Waals surface area contributed by atoms with Crippen molar-refractivity contribution < 1.29 is 14.6 Å². The molecule has 4 heteroatoms. The Kier molecular flexibility index (Phi) is 3.28. The van der Waals surface area contributed by atoms with Gasteiger partial charge in [0, 0.05) is 11.8 Å². The molecule has 0 fully saturated rings. The highest BCUT2D eigenvalue weighted by atomic mass is 16.5. The summed E-state index contributed by atoms with van der Waals surface area (Å²) in [7, 11) is 1.60. The SMILES string of the molecule is COc1ccc(-c2ncccc2C(=O)O)cc1C. The molecular weight excluding hydrogens is 230 g/mol. The molecule has 0 unspecified atom stereocenters. The van der Waals surface area contributed by atoms with Crippen LogP contribution in [0.15, 0.2) is 36.5 Å². The number of aryl methyl sites for hydroxylation is 1. The molecule has 1 aromatic heterocycles. The van der Waals surface area contributed by atoms with Gasteiger partial charge < -0.3 is 9.84 Å². The van der Waals surface area contributed by atoms with Crippen molar-refractivity contribution in [1.29, 1.82) is 0 Å². The van der Waals surface area contributed by atoms with E-state index in [1.54, 1.807) is 31.5 Å². The first-order valence-electron chi connectivity index (χ1n) is 5.47. The lowest BCUT2D eigenvalue weighted by molar-refractivity contribution is 0.0697. The lowest BCUT2D eigenvalue weighted by atomic mass is 10.0. The molecule has 2 rings (SSSR count). The van der Waals surface area contributed by atoms with Crippen LogP contribution in [-0.4, -0.2) is 23.2 Å². The number of carboxylic acids is 1. The third-order valence-corrected chi connectivity index (χ3v) is 2.71. The quantitative estimate of drug-likeness (QED) is 0.900. The Morgan fingerprint density at radius 3 is 2.72 bits per heavy atom. The fourth-order valence-corrected chi connectivity index (χ4v) is 1.83. The van der Waals surface area contributed by atoms with Crippen LogP contribution in [0.3, 0.4) is 0 Å². The highest BCUT2D eigenvalue weighted by molar-refractivity contribution is 5.94. The minimum Gasteiger partial charge on any atom is -0.496 e. The number of methoxy groups -OCH3 is 1. The maximum atomic E-state index is 11.1. The molecule has 4 nitrogen and oxygen atoms in total. The Hall–Kier alpha value is -2.36. The van der Waals surface area contributed by atoms with Crippen LogP contribution in [-0.2, 0) is 0 Å². The highest BCUT2D eigenvalue weighted by Crippen LogP contribution is 2.26. The Morgan fingerprint density at radius 1 is 1.33 bits per heavy atom. The largest absolute Gasteiger partial charge is 0.496 e. The first kappa shape index (κ1) is 12.1. The van der Waals surface area contributed by atoms with Crippen molar-refractivity contribution in [2.45, 2.75) is 6.92 Å². The predicted octanol–water partition coefficient (Wildman–Crippen LogP) is 2.76. The van der Waals surface area contributed by atoms with E-state index in [2.05, 4.69) is 4.98 Å². The summed E-state index contributed by atoms with van der Waals surface area (Å²) in [4.78, 5) is 15.3. The Morgan fingerprint density at radius 2 is 2.11 bits per heavy atom. The monoisotopic (exact) mass is 243 g/mol. The van der Waals surface area contributed by atoms with Crippen molar-refractivity contribution in [3.05, 3.63) is 47.7 Å². The minimum absolute atomic E-state index is 0.196. The molecule has 0 bridgehead atoms. The molecule has 0 amide bonds. The maximum absolute atomic E-state index is 11.1. The zero-order valence-corrected chi connectivity index (χ0v) is 10.2. The van der Waals surface area contributed by atoms with E-state index >= 15 is 0 Å². The summed E-state index contributed by atoms with van der Waals surface area (Å²) in [6, 6.07) is 8.65. The normalized spacial score (nSPS) is 10.1. The summed E-state index contributed by atoms with van der Waals surface area (Å²) >= 11 is 0. The summed E-state index contributed by atoms with van der Waals surface area (Å²) in [6.45, 7) is 1.91. The van der Waals surface area contributed by atoms with Crippen LogP contribution >= 0.6 is 0 Å². The van der Waals surface area contributed by atoms with Gasteiger partial charge in [0.1, 0.15) is 5.75 Å². The molecule has 0 saturated heterocycles. The molecule has 0 aliphatic heterocycles. The van der Waals surface area contributed by atoms with Gasteiger partial charge in [-0.3, -0.25) is 4.98 Å². The van der Waals surface area contributed by atoms with Gasteiger partial charge in [-0.2, -0.15) is 0 Å². The lowest BCUT2D eigenvalue weighted by Gasteiger charge is -2.08. The van der Waals surface area contributed by atoms with E-state index in [-0.39, 0.29) is 5.56 Å². The summed E-state index contributed by atoms with van der Waals surface area (Å²) < 4.78 is 5.18. The number of carboxylic acid groups (broad SMARTS) is 1. The van der Waals surface area contributed by atoms with Gasteiger partial charge >= 0.3 is 5.97 Å². The summed E-state index contributed by atoms with van der Waals surface area (Å²) in [5.74, 6) is -0.210. The number of aromatic carboxylic acids is 1. The molecule has 1 heterocycles. The third kappa shape index (κ3) is 2.18. The third-order valence-electron chi connectivity index (χ3n) is 2.71. The van der Waals surface area contributed by atoms with Crippen LogP contribution in [0.4, 0.5) is 0 Å². The van der Waals surface area contributed by atoms with Crippen molar-refractivity contribution >= 4 is 5.97 Å². The predicted molar refractivity (Wildman–Crippen MR) is 67.9 cm³/mol. The van der Waals surface area contributed by atoms with Gasteiger partial charge in [0.05, 0.1) is 18.4 Å². The van der Waals surface area contributed by atoms with Crippen molar-refractivity contribution in [3.63, 3.8) is 0 Å². The summed E-state index contributed by atoms with van der Waals surface area (Å²) in [5.41, 5.74) is 2.38. The minimum atomic E-state index is -0.980. The molecule has 0 atom stereocenters. The van der Waals surface area contributed by atoms with E-state index in [0.29, 0.717) is 5.69 Å². The van der Waals surface area contributed by atoms with Gasteiger partial charge in [0.25, 0.3) is 0 Å². The van der Waals surface area contributed by atoms with E-state index in [0.717, 1.165) is 16.9 Å². The first-order chi connectivity index (χ1) is 8.63. The molecule has 2 aromatic rings. The molecule has 1 aromatic carbocycles. The van der Waals surface area contributed by atoms with Crippen molar-refractivity contribution in [3.8, 4) is 17.0 Å². The number of benzene rings is 1. The van der Waals surface area contributed by atoms with Crippen molar-refractivity contribution in [1.82, 2.24) is 4.98 Å². The maximum Gasteiger partial charge on any atom is 0.337 e. The summed E-state index contributed by atoms with van der Waals surface area (Å²) in [5, 5.41) is 9.13. The molecule has 1 N–H and O–H groups in total. The van der Waals surface area contributed by atoms with E-state index < -0.39 is 5.97 Å². The van der Waals surface area contributed by atoms with Gasteiger partial charge in [0.15, 0.2) is 0 Å². The van der Waals surface area contributed by atoms with Crippen LogP contribution < -0.4 is 4.74 Å². The molecule has 0 saturated carbocycles. The zero-order valence-electron chi connectivity index (χ0n) is 10.2. The second-order valence-corrected chi connectivity index (χ2v) is 3.89. The van der Waals surface area contributed by atoms with Gasteiger partial charge in [-0.25, -0.2) is 4.79 Å². The fourth-order valence-electron chi connectivity index (χ4n) is 1.83. The first-order valence-corrected chi connectivity index (χ1v) is 5.47. The van der Waals surface area contributed by atoms with Gasteiger partial charge in [-0.1, -0.05) is 0 Å². The standard InChI is InChI=1S/C14H13NO3/c1-9-8-10(5-6-12(9)18-2)13-11(14(16)17)4-3-7-15-13/h3-8H,1-2H3,(H,16,17). The molecule has 0 aliphatic rings. The van der Waals surface area contributed by atoms with E-state index in [4.69, 9.17) is 9.84 Å². The zero-order chi connectivity index (χ0) is 13.1. The number of hydrogen-bond donors (Lipinski definition) is 1. The number of pyridine rings is 1. The van der Waals surface area contributed by atoms with Crippen LogP contribution in [0.1, 0.15) is 15.9 Å². The van der Waals surface area contributed by atoms with E-state index in [1.807, 2.05) is 19.1 Å². The summed E-state index contributed by atoms with van der Waals surface area (Å²) in [6.07, 6.45) is 1.58.